The third-order valence-electron chi connectivity index (χ3n) is 2.92. The van der Waals surface area contributed by atoms with E-state index in [1.807, 2.05) is 39.0 Å². The summed E-state index contributed by atoms with van der Waals surface area (Å²) in [5.41, 5.74) is 1.74. The second-order valence-corrected chi connectivity index (χ2v) is 4.89. The number of aliphatic hydroxyl groups is 1. The summed E-state index contributed by atoms with van der Waals surface area (Å²) >= 11 is 0. The Morgan fingerprint density at radius 1 is 1.45 bits per heavy atom. The van der Waals surface area contributed by atoms with Crippen molar-refractivity contribution in [2.45, 2.75) is 27.2 Å². The fraction of sp³-hybridized carbons (Fsp3) is 0.533. The summed E-state index contributed by atoms with van der Waals surface area (Å²) in [6, 6.07) is 5.39. The Bertz CT molecular complexity index is 435. The normalized spacial score (nSPS) is 11.8. The predicted octanol–water partition coefficient (Wildman–Crippen LogP) is 2.53. The number of aryl methyl sites for hydroxylation is 1. The van der Waals surface area contributed by atoms with Crippen LogP contribution in [0.25, 0.3) is 0 Å². The van der Waals surface area contributed by atoms with Crippen LogP contribution in [0.15, 0.2) is 18.2 Å². The van der Waals surface area contributed by atoms with Crippen molar-refractivity contribution < 1.29 is 14.6 Å². The van der Waals surface area contributed by atoms with Crippen LogP contribution in [0.3, 0.4) is 0 Å². The van der Waals surface area contributed by atoms with Gasteiger partial charge < -0.3 is 20.5 Å². The molecule has 0 spiro atoms. The van der Waals surface area contributed by atoms with Gasteiger partial charge in [-0.25, -0.2) is 4.79 Å². The fourth-order valence-corrected chi connectivity index (χ4v) is 1.76. The van der Waals surface area contributed by atoms with Crippen LogP contribution in [-0.4, -0.2) is 30.9 Å². The number of ether oxygens (including phenoxy) is 1. The molecule has 1 unspecified atom stereocenters. The van der Waals surface area contributed by atoms with Crippen molar-refractivity contribution >= 4 is 11.7 Å². The molecule has 0 aliphatic carbocycles. The Kier molecular flexibility index (Phi) is 6.87. The number of nitrogens with one attached hydrogen (secondary N) is 2. The van der Waals surface area contributed by atoms with Crippen molar-refractivity contribution in [1.82, 2.24) is 5.32 Å². The van der Waals surface area contributed by atoms with Gasteiger partial charge in [0.2, 0.25) is 0 Å². The Labute approximate surface area is 120 Å². The van der Waals surface area contributed by atoms with E-state index < -0.39 is 0 Å². The molecule has 0 aliphatic heterocycles. The average molecular weight is 280 g/mol. The van der Waals surface area contributed by atoms with Crippen molar-refractivity contribution in [2.24, 2.45) is 5.92 Å². The van der Waals surface area contributed by atoms with Gasteiger partial charge in [0.15, 0.2) is 0 Å². The van der Waals surface area contributed by atoms with Crippen LogP contribution >= 0.6 is 0 Å². The minimum atomic E-state index is -0.264. The van der Waals surface area contributed by atoms with Crippen LogP contribution in [0.1, 0.15) is 25.8 Å². The van der Waals surface area contributed by atoms with Crippen LogP contribution in [0.5, 0.6) is 5.75 Å². The molecule has 3 N–H and O–H groups in total. The number of benzene rings is 1. The highest BCUT2D eigenvalue weighted by molar-refractivity contribution is 5.90. The van der Waals surface area contributed by atoms with Gasteiger partial charge in [-0.2, -0.15) is 0 Å². The van der Waals surface area contributed by atoms with Crippen molar-refractivity contribution in [3.05, 3.63) is 23.8 Å². The standard InChI is InChI=1S/C15H24N2O3/c1-4-20-14-9-11(2)5-6-13(14)17-15(19)16-10-12(3)7-8-18/h5-6,9,12,18H,4,7-8,10H2,1-3H3,(H2,16,17,19). The summed E-state index contributed by atoms with van der Waals surface area (Å²) in [7, 11) is 0. The molecule has 1 atom stereocenters. The fourth-order valence-electron chi connectivity index (χ4n) is 1.76. The molecule has 1 aromatic rings. The van der Waals surface area contributed by atoms with Gasteiger partial charge in [-0.3, -0.25) is 0 Å². The summed E-state index contributed by atoms with van der Waals surface area (Å²) in [5.74, 6) is 0.918. The van der Waals surface area contributed by atoms with E-state index in [4.69, 9.17) is 9.84 Å². The van der Waals surface area contributed by atoms with E-state index in [9.17, 15) is 4.79 Å². The van der Waals surface area contributed by atoms with Crippen molar-refractivity contribution in [3.63, 3.8) is 0 Å². The number of amides is 2. The van der Waals surface area contributed by atoms with Gasteiger partial charge in [0, 0.05) is 13.2 Å². The Hall–Kier alpha value is -1.75. The predicted molar refractivity (Wildman–Crippen MR) is 80.2 cm³/mol. The van der Waals surface area contributed by atoms with E-state index >= 15 is 0 Å². The molecule has 5 heteroatoms. The molecule has 112 valence electrons. The SMILES string of the molecule is CCOc1cc(C)ccc1NC(=O)NCC(C)CCO. The van der Waals surface area contributed by atoms with Gasteiger partial charge in [-0.1, -0.05) is 13.0 Å². The maximum Gasteiger partial charge on any atom is 0.319 e. The van der Waals surface area contributed by atoms with Gasteiger partial charge >= 0.3 is 6.03 Å². The average Bonchev–Trinajstić information content (AvgIpc) is 2.40. The molecule has 0 fully saturated rings. The molecule has 5 nitrogen and oxygen atoms in total. The molecule has 0 heterocycles. The number of aliphatic hydroxyl groups excluding tert-OH is 1. The lowest BCUT2D eigenvalue weighted by molar-refractivity contribution is 0.243. The smallest absolute Gasteiger partial charge is 0.319 e. The lowest BCUT2D eigenvalue weighted by atomic mass is 10.1. The summed E-state index contributed by atoms with van der Waals surface area (Å²) in [6.45, 7) is 7.08. The van der Waals surface area contributed by atoms with E-state index in [2.05, 4.69) is 10.6 Å². The molecular weight excluding hydrogens is 256 g/mol. The van der Waals surface area contributed by atoms with Gasteiger partial charge in [0.1, 0.15) is 5.75 Å². The van der Waals surface area contributed by atoms with Gasteiger partial charge in [-0.05, 0) is 43.9 Å². The van der Waals surface area contributed by atoms with Gasteiger partial charge in [-0.15, -0.1) is 0 Å². The molecule has 1 rings (SSSR count). The maximum absolute atomic E-state index is 11.8. The highest BCUT2D eigenvalue weighted by Gasteiger charge is 2.09. The van der Waals surface area contributed by atoms with E-state index in [0.717, 1.165) is 5.56 Å². The Morgan fingerprint density at radius 2 is 2.20 bits per heavy atom. The van der Waals surface area contributed by atoms with Gasteiger partial charge in [0.25, 0.3) is 0 Å². The Morgan fingerprint density at radius 3 is 2.85 bits per heavy atom. The minimum absolute atomic E-state index is 0.136. The van der Waals surface area contributed by atoms with Crippen molar-refractivity contribution in [1.29, 1.82) is 0 Å². The first-order valence-electron chi connectivity index (χ1n) is 6.96. The molecule has 0 saturated carbocycles. The lowest BCUT2D eigenvalue weighted by Crippen LogP contribution is -2.32. The number of urea groups is 1. The van der Waals surface area contributed by atoms with Crippen molar-refractivity contribution in [2.75, 3.05) is 25.1 Å². The topological polar surface area (TPSA) is 70.6 Å². The monoisotopic (exact) mass is 280 g/mol. The Balaban J connectivity index is 2.57. The third kappa shape index (κ3) is 5.48. The molecular formula is C15H24N2O3. The largest absolute Gasteiger partial charge is 0.492 e. The van der Waals surface area contributed by atoms with Crippen LogP contribution in [0.4, 0.5) is 10.5 Å². The van der Waals surface area contributed by atoms with E-state index in [-0.39, 0.29) is 18.6 Å². The van der Waals surface area contributed by atoms with E-state index in [1.165, 1.54) is 0 Å². The molecule has 0 aromatic heterocycles. The maximum atomic E-state index is 11.8. The number of carbonyl (C=O) groups is 1. The first-order chi connectivity index (χ1) is 9.56. The zero-order valence-corrected chi connectivity index (χ0v) is 12.4. The third-order valence-corrected chi connectivity index (χ3v) is 2.92. The number of hydrogen-bond donors (Lipinski definition) is 3. The molecule has 0 saturated heterocycles. The first kappa shape index (κ1) is 16.3. The summed E-state index contributed by atoms with van der Waals surface area (Å²) < 4.78 is 5.51. The highest BCUT2D eigenvalue weighted by atomic mass is 16.5. The molecule has 2 amide bonds. The van der Waals surface area contributed by atoms with Crippen LogP contribution in [-0.2, 0) is 0 Å². The first-order valence-corrected chi connectivity index (χ1v) is 6.96. The molecule has 0 bridgehead atoms. The van der Waals surface area contributed by atoms with Crippen LogP contribution in [0, 0.1) is 12.8 Å². The second kappa shape index (κ2) is 8.43. The summed E-state index contributed by atoms with van der Waals surface area (Å²) in [5, 5.41) is 14.4. The zero-order valence-electron chi connectivity index (χ0n) is 12.4. The summed E-state index contributed by atoms with van der Waals surface area (Å²) in [6.07, 6.45) is 0.676. The van der Waals surface area contributed by atoms with E-state index in [1.54, 1.807) is 0 Å². The molecule has 0 aliphatic rings. The number of rotatable bonds is 7. The number of hydrogen-bond acceptors (Lipinski definition) is 3. The second-order valence-electron chi connectivity index (χ2n) is 4.89. The molecule has 20 heavy (non-hydrogen) atoms. The number of anilines is 1. The minimum Gasteiger partial charge on any atom is -0.492 e. The van der Waals surface area contributed by atoms with Crippen LogP contribution < -0.4 is 15.4 Å². The zero-order chi connectivity index (χ0) is 15.0. The van der Waals surface area contributed by atoms with E-state index in [0.29, 0.717) is 31.0 Å². The van der Waals surface area contributed by atoms with Crippen molar-refractivity contribution in [3.8, 4) is 5.75 Å². The number of carbonyl (C=O) groups excluding carboxylic acids is 1. The highest BCUT2D eigenvalue weighted by Crippen LogP contribution is 2.25. The summed E-state index contributed by atoms with van der Waals surface area (Å²) in [4.78, 5) is 11.8. The lowest BCUT2D eigenvalue weighted by Gasteiger charge is -2.14. The van der Waals surface area contributed by atoms with Gasteiger partial charge in [0.05, 0.1) is 12.3 Å². The van der Waals surface area contributed by atoms with Crippen LogP contribution in [0.2, 0.25) is 0 Å². The quantitative estimate of drug-likeness (QED) is 0.719. The molecule has 1 aromatic carbocycles. The molecule has 0 radical (unpaired) electrons.